The molecule has 0 radical (unpaired) electrons. The molecule has 2 saturated carbocycles. The summed E-state index contributed by atoms with van der Waals surface area (Å²) in [6.07, 6.45) is 2.13. The van der Waals surface area contributed by atoms with Crippen molar-refractivity contribution in [3.8, 4) is 22.3 Å². The van der Waals surface area contributed by atoms with Crippen LogP contribution < -0.4 is 0 Å². The van der Waals surface area contributed by atoms with Crippen LogP contribution in [0, 0.1) is 17.5 Å². The van der Waals surface area contributed by atoms with E-state index in [4.69, 9.17) is 34.8 Å². The lowest BCUT2D eigenvalue weighted by Crippen LogP contribution is -2.19. The second kappa shape index (κ2) is 11.3. The summed E-state index contributed by atoms with van der Waals surface area (Å²) in [6, 6.07) is 17.7. The average Bonchev–Trinajstić information content (AvgIpc) is 3.84. The van der Waals surface area contributed by atoms with Crippen molar-refractivity contribution < 1.29 is 33.0 Å². The van der Waals surface area contributed by atoms with Crippen LogP contribution in [0.3, 0.4) is 0 Å². The molecule has 0 spiro atoms. The first-order valence-corrected chi connectivity index (χ1v) is 14.0. The zero-order valence-electron chi connectivity index (χ0n) is 21.7. The SMILES string of the molecule is O=C(O)C1(c2ccc(-c3cc(Cl)cc(Cl)c3)c(F)c2)CC1.O=C(O)C1(c2ccc(-c3ccc(F)c(Cl)c3)c(F)c2)CC1. The van der Waals surface area contributed by atoms with Crippen LogP contribution in [0.1, 0.15) is 36.8 Å². The normalized spacial score (nSPS) is 15.8. The molecule has 216 valence electrons. The van der Waals surface area contributed by atoms with E-state index < -0.39 is 40.2 Å². The number of carbonyl (C=O) groups is 2. The van der Waals surface area contributed by atoms with E-state index in [1.807, 2.05) is 0 Å². The third-order valence-electron chi connectivity index (χ3n) is 7.77. The van der Waals surface area contributed by atoms with Crippen LogP contribution in [-0.4, -0.2) is 22.2 Å². The van der Waals surface area contributed by atoms with Crippen LogP contribution in [0.25, 0.3) is 22.3 Å². The monoisotopic (exact) mass is 632 g/mol. The quantitative estimate of drug-likeness (QED) is 0.222. The first-order chi connectivity index (χ1) is 19.9. The van der Waals surface area contributed by atoms with Gasteiger partial charge in [-0.2, -0.15) is 0 Å². The minimum Gasteiger partial charge on any atom is -0.481 e. The molecule has 0 bridgehead atoms. The maximum absolute atomic E-state index is 14.3. The van der Waals surface area contributed by atoms with Gasteiger partial charge in [0.15, 0.2) is 0 Å². The van der Waals surface area contributed by atoms with Crippen LogP contribution in [0.2, 0.25) is 15.1 Å². The molecular formula is C32H22Cl3F3O4. The van der Waals surface area contributed by atoms with Crippen LogP contribution in [-0.2, 0) is 20.4 Å². The van der Waals surface area contributed by atoms with E-state index >= 15 is 0 Å². The van der Waals surface area contributed by atoms with Crippen molar-refractivity contribution >= 4 is 46.7 Å². The molecule has 4 aromatic carbocycles. The summed E-state index contributed by atoms with van der Waals surface area (Å²) in [5, 5.41) is 19.2. The Bertz CT molecular complexity index is 1710. The molecule has 2 aliphatic rings. The summed E-state index contributed by atoms with van der Waals surface area (Å²) in [6.45, 7) is 0. The molecule has 0 saturated heterocycles. The number of carboxylic acids is 2. The highest BCUT2D eigenvalue weighted by Gasteiger charge is 2.52. The highest BCUT2D eigenvalue weighted by molar-refractivity contribution is 6.35. The first-order valence-electron chi connectivity index (χ1n) is 12.8. The summed E-state index contributed by atoms with van der Waals surface area (Å²) in [7, 11) is 0. The number of rotatable bonds is 6. The lowest BCUT2D eigenvalue weighted by atomic mass is 9.93. The second-order valence-corrected chi connectivity index (χ2v) is 11.7. The molecule has 0 amide bonds. The fourth-order valence-electron chi connectivity index (χ4n) is 4.97. The van der Waals surface area contributed by atoms with Gasteiger partial charge < -0.3 is 10.2 Å². The minimum absolute atomic E-state index is 0.0832. The van der Waals surface area contributed by atoms with E-state index in [0.717, 1.165) is 0 Å². The Morgan fingerprint density at radius 1 is 0.571 bits per heavy atom. The Morgan fingerprint density at radius 3 is 1.40 bits per heavy atom. The van der Waals surface area contributed by atoms with Crippen LogP contribution in [0.4, 0.5) is 13.2 Å². The molecule has 4 nitrogen and oxygen atoms in total. The molecule has 0 unspecified atom stereocenters. The van der Waals surface area contributed by atoms with Gasteiger partial charge in [0.1, 0.15) is 17.5 Å². The average molecular weight is 634 g/mol. The molecule has 4 aromatic rings. The van der Waals surface area contributed by atoms with E-state index in [1.54, 1.807) is 36.4 Å². The number of hydrogen-bond donors (Lipinski definition) is 2. The molecule has 0 heterocycles. The van der Waals surface area contributed by atoms with Gasteiger partial charge in [0.25, 0.3) is 0 Å². The van der Waals surface area contributed by atoms with Crippen molar-refractivity contribution in [2.45, 2.75) is 36.5 Å². The first kappa shape index (κ1) is 30.0. The lowest BCUT2D eigenvalue weighted by molar-refractivity contribution is -0.141. The molecule has 2 N–H and O–H groups in total. The fourth-order valence-corrected chi connectivity index (χ4v) is 5.68. The Hall–Kier alpha value is -3.52. The van der Waals surface area contributed by atoms with Crippen LogP contribution in [0.15, 0.2) is 72.8 Å². The number of hydrogen-bond acceptors (Lipinski definition) is 2. The van der Waals surface area contributed by atoms with Gasteiger partial charge in [-0.25, -0.2) is 13.2 Å². The molecule has 6 rings (SSSR count). The largest absolute Gasteiger partial charge is 0.481 e. The lowest BCUT2D eigenvalue weighted by Gasteiger charge is -2.12. The standard InChI is InChI=1S/C16H11Cl2FO2.C16H11ClF2O2/c17-11-5-9(6-12(18)8-11)13-2-1-10(7-14(13)19)16(3-4-16)15(20)21;17-12-7-9(1-4-13(12)18)11-3-2-10(8-14(11)19)16(5-6-16)15(20)21/h1-2,5-8H,3-4H2,(H,20,21);1-4,7-8H,5-6H2,(H,20,21). The Kier molecular flexibility index (Phi) is 8.05. The van der Waals surface area contributed by atoms with Gasteiger partial charge in [-0.05, 0) is 90.4 Å². The van der Waals surface area contributed by atoms with E-state index in [9.17, 15) is 33.0 Å². The van der Waals surface area contributed by atoms with E-state index in [-0.39, 0.29) is 10.6 Å². The molecule has 2 aliphatic carbocycles. The van der Waals surface area contributed by atoms with E-state index in [0.29, 0.717) is 63.5 Å². The van der Waals surface area contributed by atoms with Crippen molar-refractivity contribution in [1.82, 2.24) is 0 Å². The van der Waals surface area contributed by atoms with Crippen molar-refractivity contribution in [1.29, 1.82) is 0 Å². The second-order valence-electron chi connectivity index (χ2n) is 10.5. The summed E-state index contributed by atoms with van der Waals surface area (Å²) in [5.41, 5.74) is 0.743. The minimum atomic E-state index is -0.945. The van der Waals surface area contributed by atoms with Gasteiger partial charge in [-0.15, -0.1) is 0 Å². The third kappa shape index (κ3) is 5.74. The molecule has 0 aromatic heterocycles. The highest BCUT2D eigenvalue weighted by atomic mass is 35.5. The maximum Gasteiger partial charge on any atom is 0.314 e. The molecule has 0 aliphatic heterocycles. The zero-order chi connectivity index (χ0) is 30.4. The van der Waals surface area contributed by atoms with Crippen LogP contribution in [0.5, 0.6) is 0 Å². The summed E-state index contributed by atoms with van der Waals surface area (Å²) in [4.78, 5) is 22.5. The Labute approximate surface area is 254 Å². The van der Waals surface area contributed by atoms with Gasteiger partial charge in [-0.3, -0.25) is 9.59 Å². The molecule has 2 fully saturated rings. The van der Waals surface area contributed by atoms with Crippen molar-refractivity contribution in [2.24, 2.45) is 0 Å². The van der Waals surface area contributed by atoms with Crippen molar-refractivity contribution in [3.05, 3.63) is 116 Å². The predicted octanol–water partition coefficient (Wildman–Crippen LogP) is 9.32. The molecule has 42 heavy (non-hydrogen) atoms. The fraction of sp³-hybridized carbons (Fsp3) is 0.188. The van der Waals surface area contributed by atoms with Gasteiger partial charge >= 0.3 is 11.9 Å². The topological polar surface area (TPSA) is 74.6 Å². The number of aliphatic carboxylic acids is 2. The van der Waals surface area contributed by atoms with Gasteiger partial charge in [0.05, 0.1) is 15.9 Å². The predicted molar refractivity (Wildman–Crippen MR) is 156 cm³/mol. The summed E-state index contributed by atoms with van der Waals surface area (Å²) >= 11 is 17.5. The molecule has 10 heteroatoms. The molecule has 0 atom stereocenters. The Balaban J connectivity index is 0.000000168. The smallest absolute Gasteiger partial charge is 0.314 e. The van der Waals surface area contributed by atoms with Gasteiger partial charge in [0.2, 0.25) is 0 Å². The number of carboxylic acid groups (broad SMARTS) is 2. The summed E-state index contributed by atoms with van der Waals surface area (Å²) < 4.78 is 41.7. The van der Waals surface area contributed by atoms with Crippen molar-refractivity contribution in [2.75, 3.05) is 0 Å². The van der Waals surface area contributed by atoms with Crippen LogP contribution >= 0.6 is 34.8 Å². The number of benzene rings is 4. The highest BCUT2D eigenvalue weighted by Crippen LogP contribution is 2.50. The number of halogens is 6. The summed E-state index contributed by atoms with van der Waals surface area (Å²) in [5.74, 6) is -3.42. The molecular weight excluding hydrogens is 612 g/mol. The third-order valence-corrected chi connectivity index (χ3v) is 8.49. The van der Waals surface area contributed by atoms with Gasteiger partial charge in [0, 0.05) is 21.2 Å². The van der Waals surface area contributed by atoms with Gasteiger partial charge in [-0.1, -0.05) is 65.1 Å². The Morgan fingerprint density at radius 2 is 1.02 bits per heavy atom. The van der Waals surface area contributed by atoms with E-state index in [1.165, 1.54) is 36.4 Å². The zero-order valence-corrected chi connectivity index (χ0v) is 24.0. The van der Waals surface area contributed by atoms with E-state index in [2.05, 4.69) is 0 Å². The maximum atomic E-state index is 14.3. The van der Waals surface area contributed by atoms with Crippen molar-refractivity contribution in [3.63, 3.8) is 0 Å².